The normalized spacial score (nSPS) is 10.1. The van der Waals surface area contributed by atoms with Crippen LogP contribution in [-0.4, -0.2) is 49.3 Å². The summed E-state index contributed by atoms with van der Waals surface area (Å²) in [6.45, 7) is 1.95. The van der Waals surface area contributed by atoms with Gasteiger partial charge in [-0.15, -0.1) is 11.8 Å². The third kappa shape index (κ3) is 4.59. The lowest BCUT2D eigenvalue weighted by Gasteiger charge is -2.10. The van der Waals surface area contributed by atoms with E-state index in [2.05, 4.69) is 0 Å². The van der Waals surface area contributed by atoms with Crippen LogP contribution in [0, 0.1) is 6.92 Å². The number of thioether (sulfide) groups is 1. The lowest BCUT2D eigenvalue weighted by atomic mass is 10.1. The first-order valence-corrected chi connectivity index (χ1v) is 7.07. The van der Waals surface area contributed by atoms with Crippen molar-refractivity contribution in [3.63, 3.8) is 0 Å². The van der Waals surface area contributed by atoms with Gasteiger partial charge < -0.3 is 9.64 Å². The SMILES string of the molecule is COc1cc(C)ccc1C(=O)CSCC(=O)N(C)C. The van der Waals surface area contributed by atoms with Crippen molar-refractivity contribution in [2.75, 3.05) is 32.7 Å². The molecule has 0 aromatic heterocycles. The summed E-state index contributed by atoms with van der Waals surface area (Å²) in [5.74, 6) is 1.16. The first kappa shape index (κ1) is 15.6. The molecule has 1 aromatic carbocycles. The van der Waals surface area contributed by atoms with E-state index >= 15 is 0 Å². The Morgan fingerprint density at radius 3 is 2.53 bits per heavy atom. The third-order valence-electron chi connectivity index (χ3n) is 2.61. The van der Waals surface area contributed by atoms with Crippen LogP contribution in [0.1, 0.15) is 15.9 Å². The molecule has 104 valence electrons. The van der Waals surface area contributed by atoms with E-state index in [1.165, 1.54) is 16.7 Å². The first-order chi connectivity index (χ1) is 8.95. The molecule has 19 heavy (non-hydrogen) atoms. The molecule has 0 fully saturated rings. The molecule has 1 rings (SSSR count). The van der Waals surface area contributed by atoms with E-state index in [0.29, 0.717) is 17.1 Å². The van der Waals surface area contributed by atoms with Crippen molar-refractivity contribution in [3.8, 4) is 5.75 Å². The van der Waals surface area contributed by atoms with E-state index in [0.717, 1.165) is 5.56 Å². The van der Waals surface area contributed by atoms with Crippen molar-refractivity contribution < 1.29 is 14.3 Å². The number of aryl methyl sites for hydroxylation is 1. The Morgan fingerprint density at radius 2 is 1.95 bits per heavy atom. The van der Waals surface area contributed by atoms with Gasteiger partial charge in [0.1, 0.15) is 5.75 Å². The van der Waals surface area contributed by atoms with E-state index in [4.69, 9.17) is 4.74 Å². The number of ketones is 1. The summed E-state index contributed by atoms with van der Waals surface area (Å²) < 4.78 is 5.21. The average Bonchev–Trinajstić information content (AvgIpc) is 2.37. The quantitative estimate of drug-likeness (QED) is 0.748. The Labute approximate surface area is 118 Å². The number of nitrogens with zero attached hydrogens (tertiary/aromatic N) is 1. The summed E-state index contributed by atoms with van der Waals surface area (Å²) in [5.41, 5.74) is 1.61. The molecule has 0 heterocycles. The maximum absolute atomic E-state index is 12.1. The van der Waals surface area contributed by atoms with E-state index in [1.807, 2.05) is 19.1 Å². The summed E-state index contributed by atoms with van der Waals surface area (Å²) in [5, 5.41) is 0. The Kier molecular flexibility index (Phi) is 5.89. The molecule has 0 aliphatic heterocycles. The predicted molar refractivity (Wildman–Crippen MR) is 78.1 cm³/mol. The zero-order valence-electron chi connectivity index (χ0n) is 11.7. The molecule has 0 saturated carbocycles. The van der Waals surface area contributed by atoms with Crippen LogP contribution >= 0.6 is 11.8 Å². The molecule has 0 bridgehead atoms. The molecule has 0 N–H and O–H groups in total. The van der Waals surface area contributed by atoms with Crippen LogP contribution in [0.4, 0.5) is 0 Å². The molecular formula is C14H19NO3S. The summed E-state index contributed by atoms with van der Waals surface area (Å²) >= 11 is 1.32. The van der Waals surface area contributed by atoms with Gasteiger partial charge >= 0.3 is 0 Å². The molecule has 1 amide bonds. The fourth-order valence-corrected chi connectivity index (χ4v) is 2.34. The van der Waals surface area contributed by atoms with Crippen molar-refractivity contribution in [1.29, 1.82) is 0 Å². The van der Waals surface area contributed by atoms with Crippen LogP contribution in [0.3, 0.4) is 0 Å². The minimum Gasteiger partial charge on any atom is -0.496 e. The van der Waals surface area contributed by atoms with Gasteiger partial charge in [0.05, 0.1) is 24.2 Å². The standard InChI is InChI=1S/C14H19NO3S/c1-10-5-6-11(13(7-10)18-4)12(16)8-19-9-14(17)15(2)3/h5-7H,8-9H2,1-4H3. The molecule has 5 heteroatoms. The minimum atomic E-state index is -0.0200. The van der Waals surface area contributed by atoms with Crippen LogP contribution < -0.4 is 4.74 Å². The summed E-state index contributed by atoms with van der Waals surface area (Å²) in [6, 6.07) is 5.49. The van der Waals surface area contributed by atoms with Gasteiger partial charge in [0.15, 0.2) is 5.78 Å². The molecule has 0 radical (unpaired) electrons. The highest BCUT2D eigenvalue weighted by Crippen LogP contribution is 2.21. The molecule has 0 saturated heterocycles. The van der Waals surface area contributed by atoms with Gasteiger partial charge in [0.25, 0.3) is 0 Å². The molecule has 4 nitrogen and oxygen atoms in total. The smallest absolute Gasteiger partial charge is 0.232 e. The Morgan fingerprint density at radius 1 is 1.26 bits per heavy atom. The van der Waals surface area contributed by atoms with Crippen molar-refractivity contribution in [2.24, 2.45) is 0 Å². The van der Waals surface area contributed by atoms with Crippen LogP contribution in [0.2, 0.25) is 0 Å². The van der Waals surface area contributed by atoms with Gasteiger partial charge in [0, 0.05) is 14.1 Å². The van der Waals surface area contributed by atoms with E-state index < -0.39 is 0 Å². The number of carbonyl (C=O) groups excluding carboxylic acids is 2. The molecule has 0 unspecified atom stereocenters. The molecule has 0 spiro atoms. The van der Waals surface area contributed by atoms with Crippen molar-refractivity contribution in [1.82, 2.24) is 4.90 Å². The monoisotopic (exact) mass is 281 g/mol. The van der Waals surface area contributed by atoms with Crippen LogP contribution in [0.25, 0.3) is 0 Å². The number of Topliss-reactive ketones (excluding diaryl/α,β-unsaturated/α-hetero) is 1. The number of hydrogen-bond donors (Lipinski definition) is 0. The fraction of sp³-hybridized carbons (Fsp3) is 0.429. The maximum atomic E-state index is 12.1. The van der Waals surface area contributed by atoms with E-state index in [1.54, 1.807) is 27.3 Å². The zero-order chi connectivity index (χ0) is 14.4. The number of hydrogen-bond acceptors (Lipinski definition) is 4. The summed E-state index contributed by atoms with van der Waals surface area (Å²) in [7, 11) is 4.95. The molecule has 0 aliphatic rings. The van der Waals surface area contributed by atoms with Crippen LogP contribution in [-0.2, 0) is 4.79 Å². The number of ether oxygens (including phenoxy) is 1. The summed E-state index contributed by atoms with van der Waals surface area (Å²) in [4.78, 5) is 25.0. The topological polar surface area (TPSA) is 46.6 Å². The number of rotatable bonds is 6. The lowest BCUT2D eigenvalue weighted by Crippen LogP contribution is -2.24. The van der Waals surface area contributed by atoms with Crippen molar-refractivity contribution in [3.05, 3.63) is 29.3 Å². The second-order valence-electron chi connectivity index (χ2n) is 4.41. The molecule has 1 aromatic rings. The first-order valence-electron chi connectivity index (χ1n) is 5.91. The highest BCUT2D eigenvalue weighted by molar-refractivity contribution is 8.00. The maximum Gasteiger partial charge on any atom is 0.232 e. The fourth-order valence-electron chi connectivity index (χ4n) is 1.47. The van der Waals surface area contributed by atoms with E-state index in [9.17, 15) is 9.59 Å². The highest BCUT2D eigenvalue weighted by Gasteiger charge is 2.13. The lowest BCUT2D eigenvalue weighted by molar-refractivity contribution is -0.125. The van der Waals surface area contributed by atoms with Crippen LogP contribution in [0.15, 0.2) is 18.2 Å². The molecule has 0 atom stereocenters. The third-order valence-corrected chi connectivity index (χ3v) is 3.53. The van der Waals surface area contributed by atoms with Gasteiger partial charge in [-0.2, -0.15) is 0 Å². The Hall–Kier alpha value is -1.49. The van der Waals surface area contributed by atoms with Crippen molar-refractivity contribution >= 4 is 23.5 Å². The largest absolute Gasteiger partial charge is 0.496 e. The van der Waals surface area contributed by atoms with Gasteiger partial charge in [-0.3, -0.25) is 9.59 Å². The molecular weight excluding hydrogens is 262 g/mol. The van der Waals surface area contributed by atoms with Gasteiger partial charge in [-0.1, -0.05) is 6.07 Å². The second-order valence-corrected chi connectivity index (χ2v) is 5.39. The Balaban J connectivity index is 2.61. The van der Waals surface area contributed by atoms with Gasteiger partial charge in [-0.25, -0.2) is 0 Å². The predicted octanol–water partition coefficient (Wildman–Crippen LogP) is 2.01. The molecule has 0 aliphatic carbocycles. The van der Waals surface area contributed by atoms with E-state index in [-0.39, 0.29) is 17.4 Å². The minimum absolute atomic E-state index is 0.00803. The van der Waals surface area contributed by atoms with Gasteiger partial charge in [-0.05, 0) is 24.6 Å². The van der Waals surface area contributed by atoms with Crippen LogP contribution in [0.5, 0.6) is 5.75 Å². The zero-order valence-corrected chi connectivity index (χ0v) is 12.5. The second kappa shape index (κ2) is 7.19. The number of amides is 1. The number of methoxy groups -OCH3 is 1. The Bertz CT molecular complexity index is 472. The van der Waals surface area contributed by atoms with Crippen molar-refractivity contribution in [2.45, 2.75) is 6.92 Å². The average molecular weight is 281 g/mol. The highest BCUT2D eigenvalue weighted by atomic mass is 32.2. The number of benzene rings is 1. The summed E-state index contributed by atoms with van der Waals surface area (Å²) in [6.07, 6.45) is 0. The number of carbonyl (C=O) groups is 2. The van der Waals surface area contributed by atoms with Gasteiger partial charge in [0.2, 0.25) is 5.91 Å².